The van der Waals surface area contributed by atoms with Crippen LogP contribution in [0.5, 0.6) is 0 Å². The van der Waals surface area contributed by atoms with Gasteiger partial charge in [0.1, 0.15) is 6.61 Å². The van der Waals surface area contributed by atoms with Crippen LogP contribution in [0.2, 0.25) is 0 Å². The maximum absolute atomic E-state index is 11.6. The minimum absolute atomic E-state index is 0.0198. The quantitative estimate of drug-likeness (QED) is 0.595. The second-order valence-corrected chi connectivity index (χ2v) is 9.29. The summed E-state index contributed by atoms with van der Waals surface area (Å²) in [6.45, 7) is 8.83. The maximum atomic E-state index is 11.6. The number of carbonyl (C=O) groups is 1. The van der Waals surface area contributed by atoms with Crippen LogP contribution < -0.4 is 10.2 Å². The lowest BCUT2D eigenvalue weighted by Crippen LogP contribution is -2.53. The number of nitrogens with zero attached hydrogens (tertiary/aromatic N) is 5. The lowest BCUT2D eigenvalue weighted by Gasteiger charge is -2.39. The number of likely N-dealkylation sites (N-methyl/N-ethyl adjacent to an activating group) is 1. The lowest BCUT2D eigenvalue weighted by atomic mass is 9.91. The zero-order valence-electron chi connectivity index (χ0n) is 19.1. The van der Waals surface area contributed by atoms with Crippen molar-refractivity contribution in [2.75, 3.05) is 64.4 Å². The average Bonchev–Trinajstić information content (AvgIpc) is 3.06. The molecular formula is C23H38N6O2. The van der Waals surface area contributed by atoms with Crippen LogP contribution in [0.25, 0.3) is 0 Å². The van der Waals surface area contributed by atoms with E-state index in [1.165, 1.54) is 18.4 Å². The molecule has 1 aromatic rings. The summed E-state index contributed by atoms with van der Waals surface area (Å²) in [5, 5.41) is 2.92. The van der Waals surface area contributed by atoms with Crippen molar-refractivity contribution in [3.05, 3.63) is 18.0 Å². The Balaban J connectivity index is 1.19. The summed E-state index contributed by atoms with van der Waals surface area (Å²) in [6, 6.07) is 1.14. The normalized spacial score (nSPS) is 25.2. The number of aromatic nitrogens is 2. The van der Waals surface area contributed by atoms with E-state index in [9.17, 15) is 4.79 Å². The van der Waals surface area contributed by atoms with E-state index in [1.807, 2.05) is 6.92 Å². The molecular weight excluding hydrogens is 392 g/mol. The van der Waals surface area contributed by atoms with Crippen LogP contribution in [0.3, 0.4) is 0 Å². The van der Waals surface area contributed by atoms with Crippen molar-refractivity contribution in [2.24, 2.45) is 0 Å². The van der Waals surface area contributed by atoms with Crippen molar-refractivity contribution >= 4 is 11.9 Å². The Morgan fingerprint density at radius 2 is 1.81 bits per heavy atom. The molecule has 0 aromatic carbocycles. The van der Waals surface area contributed by atoms with Crippen LogP contribution in [-0.2, 0) is 9.53 Å². The van der Waals surface area contributed by atoms with Crippen molar-refractivity contribution < 1.29 is 9.53 Å². The minimum atomic E-state index is -0.0198. The number of rotatable bonds is 9. The summed E-state index contributed by atoms with van der Waals surface area (Å²) in [5.41, 5.74) is 1.29. The lowest BCUT2D eigenvalue weighted by molar-refractivity contribution is -0.125. The second-order valence-electron chi connectivity index (χ2n) is 9.29. The average molecular weight is 431 g/mol. The Kier molecular flexibility index (Phi) is 7.74. The molecule has 1 amide bonds. The fourth-order valence-electron chi connectivity index (χ4n) is 5.38. The highest BCUT2D eigenvalue weighted by Gasteiger charge is 2.40. The van der Waals surface area contributed by atoms with Crippen LogP contribution in [0.4, 0.5) is 5.95 Å². The van der Waals surface area contributed by atoms with E-state index < -0.39 is 0 Å². The third-order valence-corrected chi connectivity index (χ3v) is 7.02. The van der Waals surface area contributed by atoms with Gasteiger partial charge in [-0.25, -0.2) is 9.97 Å². The molecule has 8 heteroatoms. The van der Waals surface area contributed by atoms with Crippen LogP contribution >= 0.6 is 0 Å². The molecule has 4 heterocycles. The van der Waals surface area contributed by atoms with Gasteiger partial charge in [-0.15, -0.1) is 0 Å². The molecule has 3 fully saturated rings. The van der Waals surface area contributed by atoms with Crippen molar-refractivity contribution in [2.45, 2.75) is 57.0 Å². The number of anilines is 1. The van der Waals surface area contributed by atoms with Crippen molar-refractivity contribution in [3.8, 4) is 0 Å². The Hall–Kier alpha value is -1.77. The number of hydrogen-bond acceptors (Lipinski definition) is 7. The van der Waals surface area contributed by atoms with Gasteiger partial charge in [-0.05, 0) is 77.2 Å². The number of piperidine rings is 1. The minimum Gasteiger partial charge on any atom is -0.372 e. The van der Waals surface area contributed by atoms with E-state index in [1.54, 1.807) is 0 Å². The zero-order chi connectivity index (χ0) is 21.6. The highest BCUT2D eigenvalue weighted by Crippen LogP contribution is 2.33. The predicted molar refractivity (Wildman–Crippen MR) is 121 cm³/mol. The van der Waals surface area contributed by atoms with E-state index in [0.29, 0.717) is 24.6 Å². The number of nitrogens with one attached hydrogen (secondary N) is 1. The molecule has 2 unspecified atom stereocenters. The fraction of sp³-hybridized carbons (Fsp3) is 0.783. The number of fused-ring (bicyclic) bond motifs is 2. The van der Waals surface area contributed by atoms with Gasteiger partial charge in [0.2, 0.25) is 11.9 Å². The highest BCUT2D eigenvalue weighted by molar-refractivity contribution is 5.77. The number of piperazine rings is 1. The largest absolute Gasteiger partial charge is 0.372 e. The van der Waals surface area contributed by atoms with Gasteiger partial charge in [0.15, 0.2) is 0 Å². The smallest absolute Gasteiger partial charge is 0.245 e. The summed E-state index contributed by atoms with van der Waals surface area (Å²) in [7, 11) is 2.22. The number of likely N-dealkylation sites (tertiary alicyclic amines) is 2. The van der Waals surface area contributed by atoms with E-state index in [4.69, 9.17) is 14.7 Å². The predicted octanol–water partition coefficient (Wildman–Crippen LogP) is 1.48. The SMILES string of the molecule is CCOCC(=O)NCCCN1CCC(c2cnc(N3C4CCC3CN(C)C4)nc2)CC1. The molecule has 2 atom stereocenters. The van der Waals surface area contributed by atoms with Crippen LogP contribution in [-0.4, -0.2) is 97.3 Å². The van der Waals surface area contributed by atoms with Gasteiger partial charge < -0.3 is 24.8 Å². The van der Waals surface area contributed by atoms with Gasteiger partial charge in [0, 0.05) is 50.7 Å². The summed E-state index contributed by atoms with van der Waals surface area (Å²) in [6.07, 6.45) is 9.96. The Bertz CT molecular complexity index is 693. The molecule has 3 aliphatic rings. The van der Waals surface area contributed by atoms with Gasteiger partial charge in [0.05, 0.1) is 0 Å². The van der Waals surface area contributed by atoms with Gasteiger partial charge >= 0.3 is 0 Å². The Morgan fingerprint density at radius 1 is 1.13 bits per heavy atom. The van der Waals surface area contributed by atoms with Crippen molar-refractivity contribution in [1.29, 1.82) is 0 Å². The van der Waals surface area contributed by atoms with Gasteiger partial charge in [-0.1, -0.05) is 0 Å². The van der Waals surface area contributed by atoms with E-state index >= 15 is 0 Å². The maximum Gasteiger partial charge on any atom is 0.245 e. The molecule has 1 N–H and O–H groups in total. The molecule has 4 rings (SSSR count). The second kappa shape index (κ2) is 10.7. The topological polar surface area (TPSA) is 73.8 Å². The molecule has 3 saturated heterocycles. The fourth-order valence-corrected chi connectivity index (χ4v) is 5.38. The van der Waals surface area contributed by atoms with Crippen LogP contribution in [0.1, 0.15) is 50.5 Å². The Morgan fingerprint density at radius 3 is 2.45 bits per heavy atom. The molecule has 172 valence electrons. The molecule has 1 aromatic heterocycles. The molecule has 0 spiro atoms. The van der Waals surface area contributed by atoms with E-state index in [2.05, 4.69) is 39.5 Å². The monoisotopic (exact) mass is 430 g/mol. The third-order valence-electron chi connectivity index (χ3n) is 7.02. The van der Waals surface area contributed by atoms with Gasteiger partial charge in [0.25, 0.3) is 0 Å². The molecule has 0 aliphatic carbocycles. The molecule has 0 radical (unpaired) electrons. The third kappa shape index (κ3) is 5.73. The first kappa shape index (κ1) is 22.4. The van der Waals surface area contributed by atoms with Gasteiger partial charge in [-0.2, -0.15) is 0 Å². The zero-order valence-corrected chi connectivity index (χ0v) is 19.1. The first-order valence-corrected chi connectivity index (χ1v) is 12.0. The number of amides is 1. The molecule has 0 saturated carbocycles. The first-order chi connectivity index (χ1) is 15.1. The van der Waals surface area contributed by atoms with E-state index in [-0.39, 0.29) is 12.5 Å². The molecule has 31 heavy (non-hydrogen) atoms. The van der Waals surface area contributed by atoms with Crippen molar-refractivity contribution in [1.82, 2.24) is 25.1 Å². The molecule has 8 nitrogen and oxygen atoms in total. The number of ether oxygens (including phenoxy) is 1. The molecule has 2 bridgehead atoms. The highest BCUT2D eigenvalue weighted by atomic mass is 16.5. The van der Waals surface area contributed by atoms with Crippen molar-refractivity contribution in [3.63, 3.8) is 0 Å². The summed E-state index contributed by atoms with van der Waals surface area (Å²) in [4.78, 5) is 28.6. The van der Waals surface area contributed by atoms with Crippen LogP contribution in [0, 0.1) is 0 Å². The summed E-state index contributed by atoms with van der Waals surface area (Å²) >= 11 is 0. The standard InChI is InChI=1S/C23H38N6O2/c1-3-31-17-22(30)24-9-4-10-28-11-7-18(8-12-28)19-13-25-23(26-14-19)29-20-5-6-21(29)16-27(2)15-20/h13-14,18,20-21H,3-12,15-17H2,1-2H3,(H,24,30). The number of hydrogen-bond donors (Lipinski definition) is 1. The summed E-state index contributed by atoms with van der Waals surface area (Å²) in [5.74, 6) is 1.46. The number of carbonyl (C=O) groups excluding carboxylic acids is 1. The molecule has 3 aliphatic heterocycles. The van der Waals surface area contributed by atoms with Crippen LogP contribution in [0.15, 0.2) is 12.4 Å². The van der Waals surface area contributed by atoms with E-state index in [0.717, 1.165) is 64.5 Å². The Labute approximate surface area is 186 Å². The first-order valence-electron chi connectivity index (χ1n) is 12.0. The summed E-state index contributed by atoms with van der Waals surface area (Å²) < 4.78 is 5.12. The van der Waals surface area contributed by atoms with Gasteiger partial charge in [-0.3, -0.25) is 4.79 Å².